The molecule has 5 nitrogen and oxygen atoms in total. The van der Waals surface area contributed by atoms with Gasteiger partial charge in [-0.25, -0.2) is 4.98 Å². The van der Waals surface area contributed by atoms with Gasteiger partial charge in [-0.3, -0.25) is 0 Å². The zero-order chi connectivity index (χ0) is 11.4. The molecule has 1 aliphatic heterocycles. The van der Waals surface area contributed by atoms with Crippen LogP contribution in [-0.2, 0) is 0 Å². The molecule has 0 aromatic carbocycles. The molecule has 2 heterocycles. The van der Waals surface area contributed by atoms with Crippen molar-refractivity contribution in [2.75, 3.05) is 32.1 Å². The van der Waals surface area contributed by atoms with Gasteiger partial charge in [-0.15, -0.1) is 0 Å². The quantitative estimate of drug-likeness (QED) is 0.814. The molecule has 1 aromatic heterocycles. The Bertz CT molecular complexity index is 337. The fourth-order valence-electron chi connectivity index (χ4n) is 1.70. The van der Waals surface area contributed by atoms with Crippen LogP contribution in [0.3, 0.4) is 0 Å². The summed E-state index contributed by atoms with van der Waals surface area (Å²) in [6.07, 6.45) is 4.03. The average molecular weight is 222 g/mol. The minimum absolute atomic E-state index is 0.249. The van der Waals surface area contributed by atoms with Crippen molar-refractivity contribution in [3.05, 3.63) is 12.3 Å². The van der Waals surface area contributed by atoms with Gasteiger partial charge in [0.2, 0.25) is 0 Å². The number of ether oxygens (including phenoxy) is 1. The SMILES string of the molecule is CN(C)c1ccnc(OC2CCNCC2)n1. The maximum absolute atomic E-state index is 5.76. The van der Waals surface area contributed by atoms with E-state index in [1.165, 1.54) is 0 Å². The predicted octanol–water partition coefficient (Wildman–Crippen LogP) is 0.673. The molecule has 0 saturated carbocycles. The van der Waals surface area contributed by atoms with Crippen LogP contribution in [0.15, 0.2) is 12.3 Å². The van der Waals surface area contributed by atoms with Crippen molar-refractivity contribution in [1.82, 2.24) is 15.3 Å². The molecule has 16 heavy (non-hydrogen) atoms. The standard InChI is InChI=1S/C11H18N4O/c1-15(2)10-5-8-13-11(14-10)16-9-3-6-12-7-4-9/h5,8-9,12H,3-4,6-7H2,1-2H3. The summed E-state index contributed by atoms with van der Waals surface area (Å²) < 4.78 is 5.76. The first-order valence-electron chi connectivity index (χ1n) is 5.63. The Labute approximate surface area is 95.8 Å². The molecule has 88 valence electrons. The van der Waals surface area contributed by atoms with Gasteiger partial charge in [-0.05, 0) is 32.0 Å². The fourth-order valence-corrected chi connectivity index (χ4v) is 1.70. The van der Waals surface area contributed by atoms with Gasteiger partial charge < -0.3 is 15.0 Å². The number of nitrogens with zero attached hydrogens (tertiary/aromatic N) is 3. The van der Waals surface area contributed by atoms with Gasteiger partial charge in [-0.2, -0.15) is 4.98 Å². The van der Waals surface area contributed by atoms with Crippen LogP contribution in [-0.4, -0.2) is 43.3 Å². The normalized spacial score (nSPS) is 17.1. The topological polar surface area (TPSA) is 50.3 Å². The zero-order valence-electron chi connectivity index (χ0n) is 9.81. The number of aromatic nitrogens is 2. The summed E-state index contributed by atoms with van der Waals surface area (Å²) in [5.41, 5.74) is 0. The van der Waals surface area contributed by atoms with Gasteiger partial charge in [-0.1, -0.05) is 0 Å². The van der Waals surface area contributed by atoms with Gasteiger partial charge >= 0.3 is 6.01 Å². The number of hydrogen-bond donors (Lipinski definition) is 1. The van der Waals surface area contributed by atoms with Crippen molar-refractivity contribution in [3.63, 3.8) is 0 Å². The van der Waals surface area contributed by atoms with E-state index in [0.717, 1.165) is 31.7 Å². The monoisotopic (exact) mass is 222 g/mol. The number of hydrogen-bond acceptors (Lipinski definition) is 5. The zero-order valence-corrected chi connectivity index (χ0v) is 9.81. The van der Waals surface area contributed by atoms with Gasteiger partial charge in [0, 0.05) is 20.3 Å². The smallest absolute Gasteiger partial charge is 0.318 e. The first kappa shape index (κ1) is 11.1. The summed E-state index contributed by atoms with van der Waals surface area (Å²) in [6, 6.07) is 2.35. The van der Waals surface area contributed by atoms with E-state index in [1.54, 1.807) is 6.20 Å². The van der Waals surface area contributed by atoms with Crippen molar-refractivity contribution < 1.29 is 4.74 Å². The Morgan fingerprint density at radius 2 is 2.12 bits per heavy atom. The highest BCUT2D eigenvalue weighted by Gasteiger charge is 2.15. The lowest BCUT2D eigenvalue weighted by Gasteiger charge is -2.23. The Balaban J connectivity index is 2.00. The molecule has 0 amide bonds. The van der Waals surface area contributed by atoms with E-state index in [4.69, 9.17) is 4.74 Å². The lowest BCUT2D eigenvalue weighted by Crippen LogP contribution is -2.34. The van der Waals surface area contributed by atoms with E-state index in [2.05, 4.69) is 15.3 Å². The molecule has 0 spiro atoms. The second kappa shape index (κ2) is 5.12. The molecule has 0 bridgehead atoms. The fraction of sp³-hybridized carbons (Fsp3) is 0.636. The summed E-state index contributed by atoms with van der Waals surface area (Å²) >= 11 is 0. The highest BCUT2D eigenvalue weighted by atomic mass is 16.5. The van der Waals surface area contributed by atoms with E-state index < -0.39 is 0 Å². The highest BCUT2D eigenvalue weighted by molar-refractivity contribution is 5.35. The molecule has 1 aromatic rings. The second-order valence-corrected chi connectivity index (χ2v) is 4.16. The van der Waals surface area contributed by atoms with Crippen molar-refractivity contribution in [1.29, 1.82) is 0 Å². The molecule has 2 rings (SSSR count). The molecule has 1 fully saturated rings. The molecule has 1 N–H and O–H groups in total. The molecule has 1 saturated heterocycles. The summed E-state index contributed by atoms with van der Waals surface area (Å²) in [7, 11) is 3.91. The Hall–Kier alpha value is -1.36. The molecule has 0 unspecified atom stereocenters. The van der Waals surface area contributed by atoms with Crippen LogP contribution in [0, 0.1) is 0 Å². The van der Waals surface area contributed by atoms with E-state index in [9.17, 15) is 0 Å². The van der Waals surface area contributed by atoms with Crippen LogP contribution in [0.5, 0.6) is 6.01 Å². The van der Waals surface area contributed by atoms with Crippen LogP contribution < -0.4 is 15.0 Å². The van der Waals surface area contributed by atoms with Crippen LogP contribution in [0.25, 0.3) is 0 Å². The van der Waals surface area contributed by atoms with Gasteiger partial charge in [0.05, 0.1) is 0 Å². The van der Waals surface area contributed by atoms with Crippen molar-refractivity contribution >= 4 is 5.82 Å². The number of rotatable bonds is 3. The van der Waals surface area contributed by atoms with E-state index >= 15 is 0 Å². The lowest BCUT2D eigenvalue weighted by atomic mass is 10.1. The van der Waals surface area contributed by atoms with E-state index in [-0.39, 0.29) is 6.10 Å². The van der Waals surface area contributed by atoms with Crippen molar-refractivity contribution in [3.8, 4) is 6.01 Å². The van der Waals surface area contributed by atoms with Crippen LogP contribution in [0.1, 0.15) is 12.8 Å². The first-order valence-corrected chi connectivity index (χ1v) is 5.63. The number of nitrogens with one attached hydrogen (secondary N) is 1. The van der Waals surface area contributed by atoms with E-state index in [1.807, 2.05) is 25.1 Å². The average Bonchev–Trinajstić information content (AvgIpc) is 2.30. The van der Waals surface area contributed by atoms with Crippen LogP contribution in [0.4, 0.5) is 5.82 Å². The van der Waals surface area contributed by atoms with E-state index in [0.29, 0.717) is 6.01 Å². The van der Waals surface area contributed by atoms with Crippen molar-refractivity contribution in [2.45, 2.75) is 18.9 Å². The van der Waals surface area contributed by atoms with Gasteiger partial charge in [0.15, 0.2) is 0 Å². The second-order valence-electron chi connectivity index (χ2n) is 4.16. The van der Waals surface area contributed by atoms with Crippen molar-refractivity contribution in [2.24, 2.45) is 0 Å². The van der Waals surface area contributed by atoms with Gasteiger partial charge in [0.25, 0.3) is 0 Å². The third-order valence-electron chi connectivity index (χ3n) is 2.64. The minimum Gasteiger partial charge on any atom is -0.460 e. The molecule has 5 heteroatoms. The van der Waals surface area contributed by atoms with Crippen LogP contribution >= 0.6 is 0 Å². The summed E-state index contributed by atoms with van der Waals surface area (Å²) in [6.45, 7) is 2.02. The largest absolute Gasteiger partial charge is 0.460 e. The van der Waals surface area contributed by atoms with Crippen LogP contribution in [0.2, 0.25) is 0 Å². The van der Waals surface area contributed by atoms with Gasteiger partial charge in [0.1, 0.15) is 11.9 Å². The summed E-state index contributed by atoms with van der Waals surface area (Å²) in [5, 5.41) is 3.30. The molecule has 1 aliphatic rings. The molecular formula is C11H18N4O. The summed E-state index contributed by atoms with van der Waals surface area (Å²) in [5.74, 6) is 0.874. The third-order valence-corrected chi connectivity index (χ3v) is 2.64. The Morgan fingerprint density at radius 1 is 1.38 bits per heavy atom. The maximum atomic E-state index is 5.76. The molecule has 0 radical (unpaired) electrons. The first-order chi connectivity index (χ1) is 7.75. The molecule has 0 aliphatic carbocycles. The maximum Gasteiger partial charge on any atom is 0.318 e. The number of piperidine rings is 1. The Morgan fingerprint density at radius 3 is 2.81 bits per heavy atom. The minimum atomic E-state index is 0.249. The Kier molecular flexibility index (Phi) is 3.56. The third kappa shape index (κ3) is 2.82. The lowest BCUT2D eigenvalue weighted by molar-refractivity contribution is 0.149. The molecule has 0 atom stereocenters. The summed E-state index contributed by atoms with van der Waals surface area (Å²) in [4.78, 5) is 10.4. The number of anilines is 1. The molecular weight excluding hydrogens is 204 g/mol. The highest BCUT2D eigenvalue weighted by Crippen LogP contribution is 2.14. The predicted molar refractivity (Wildman–Crippen MR) is 62.9 cm³/mol.